The van der Waals surface area contributed by atoms with Crippen molar-refractivity contribution in [1.82, 2.24) is 0 Å². The zero-order valence-electron chi connectivity index (χ0n) is 9.32. The fourth-order valence-electron chi connectivity index (χ4n) is 2.20. The Labute approximate surface area is 82.7 Å². The van der Waals surface area contributed by atoms with E-state index < -0.39 is 0 Å². The summed E-state index contributed by atoms with van der Waals surface area (Å²) in [6.07, 6.45) is 10.2. The smallest absolute Gasteiger partial charge is 0.0127 e. The Bertz CT molecular complexity index is 218. The molecule has 1 rings (SSSR count). The van der Waals surface area contributed by atoms with Gasteiger partial charge in [-0.25, -0.2) is 0 Å². The van der Waals surface area contributed by atoms with Crippen LogP contribution in [0.2, 0.25) is 0 Å². The molecule has 13 heavy (non-hydrogen) atoms. The first-order valence-corrected chi connectivity index (χ1v) is 5.73. The van der Waals surface area contributed by atoms with Crippen LogP contribution < -0.4 is 0 Å². The Kier molecular flexibility index (Phi) is 4.27. The lowest BCUT2D eigenvalue weighted by atomic mass is 9.98. The molecule has 0 N–H and O–H groups in total. The van der Waals surface area contributed by atoms with E-state index in [0.717, 1.165) is 0 Å². The van der Waals surface area contributed by atoms with Crippen LogP contribution in [0.25, 0.3) is 0 Å². The topological polar surface area (TPSA) is 0 Å². The highest BCUT2D eigenvalue weighted by atomic mass is 14.2. The molecule has 0 bridgehead atoms. The summed E-state index contributed by atoms with van der Waals surface area (Å²) in [6.45, 7) is 6.83. The quantitative estimate of drug-likeness (QED) is 0.576. The van der Waals surface area contributed by atoms with Crippen LogP contribution in [0.5, 0.6) is 0 Å². The SMILES string of the molecule is CCCCC1=C(CC)C(CC)=CC1. The van der Waals surface area contributed by atoms with Crippen LogP contribution in [0, 0.1) is 0 Å². The minimum absolute atomic E-state index is 1.22. The van der Waals surface area contributed by atoms with Crippen molar-refractivity contribution >= 4 is 0 Å². The van der Waals surface area contributed by atoms with Crippen LogP contribution in [0.15, 0.2) is 22.8 Å². The number of hydrogen-bond donors (Lipinski definition) is 0. The van der Waals surface area contributed by atoms with Gasteiger partial charge in [0, 0.05) is 0 Å². The maximum atomic E-state index is 2.43. The van der Waals surface area contributed by atoms with Gasteiger partial charge in [0.25, 0.3) is 0 Å². The van der Waals surface area contributed by atoms with Crippen LogP contribution in [-0.2, 0) is 0 Å². The van der Waals surface area contributed by atoms with E-state index in [1.54, 1.807) is 16.7 Å². The predicted octanol–water partition coefficient (Wildman–Crippen LogP) is 4.62. The zero-order chi connectivity index (χ0) is 9.68. The van der Waals surface area contributed by atoms with Gasteiger partial charge < -0.3 is 0 Å². The van der Waals surface area contributed by atoms with E-state index in [9.17, 15) is 0 Å². The summed E-state index contributed by atoms with van der Waals surface area (Å²) in [5.74, 6) is 0. The molecule has 0 fully saturated rings. The molecule has 0 spiro atoms. The largest absolute Gasteiger partial charge is 0.0770 e. The van der Waals surface area contributed by atoms with Crippen molar-refractivity contribution in [2.24, 2.45) is 0 Å². The van der Waals surface area contributed by atoms with Gasteiger partial charge in [-0.15, -0.1) is 0 Å². The van der Waals surface area contributed by atoms with Crippen molar-refractivity contribution < 1.29 is 0 Å². The van der Waals surface area contributed by atoms with Gasteiger partial charge in [0.1, 0.15) is 0 Å². The second kappa shape index (κ2) is 5.26. The minimum Gasteiger partial charge on any atom is -0.0770 e. The Morgan fingerprint density at radius 3 is 2.46 bits per heavy atom. The predicted molar refractivity (Wildman–Crippen MR) is 59.8 cm³/mol. The van der Waals surface area contributed by atoms with Crippen molar-refractivity contribution in [2.75, 3.05) is 0 Å². The third-order valence-corrected chi connectivity index (χ3v) is 2.98. The van der Waals surface area contributed by atoms with Crippen molar-refractivity contribution in [1.29, 1.82) is 0 Å². The molecule has 1 aliphatic rings. The summed E-state index contributed by atoms with van der Waals surface area (Å²) < 4.78 is 0. The van der Waals surface area contributed by atoms with Crippen LogP contribution >= 0.6 is 0 Å². The number of allylic oxidation sites excluding steroid dienone is 4. The highest BCUT2D eigenvalue weighted by Crippen LogP contribution is 2.33. The van der Waals surface area contributed by atoms with Crippen LogP contribution in [0.4, 0.5) is 0 Å². The molecule has 0 aromatic carbocycles. The van der Waals surface area contributed by atoms with Gasteiger partial charge in [0.15, 0.2) is 0 Å². The van der Waals surface area contributed by atoms with Crippen molar-refractivity contribution in [3.8, 4) is 0 Å². The summed E-state index contributed by atoms with van der Waals surface area (Å²) in [5.41, 5.74) is 5.02. The van der Waals surface area contributed by atoms with Gasteiger partial charge in [-0.2, -0.15) is 0 Å². The molecule has 0 atom stereocenters. The summed E-state index contributed by atoms with van der Waals surface area (Å²) in [7, 11) is 0. The Morgan fingerprint density at radius 2 is 1.92 bits per heavy atom. The van der Waals surface area contributed by atoms with Crippen LogP contribution in [0.1, 0.15) is 59.3 Å². The van der Waals surface area contributed by atoms with Gasteiger partial charge >= 0.3 is 0 Å². The van der Waals surface area contributed by atoms with E-state index in [0.29, 0.717) is 0 Å². The highest BCUT2D eigenvalue weighted by molar-refractivity contribution is 5.42. The second-order valence-electron chi connectivity index (χ2n) is 3.83. The summed E-state index contributed by atoms with van der Waals surface area (Å²) in [6, 6.07) is 0. The van der Waals surface area contributed by atoms with E-state index in [1.165, 1.54) is 38.5 Å². The van der Waals surface area contributed by atoms with Crippen LogP contribution in [0.3, 0.4) is 0 Å². The van der Waals surface area contributed by atoms with Crippen molar-refractivity contribution in [3.63, 3.8) is 0 Å². The first-order valence-electron chi connectivity index (χ1n) is 5.73. The van der Waals surface area contributed by atoms with Gasteiger partial charge in [-0.1, -0.05) is 38.8 Å². The fraction of sp³-hybridized carbons (Fsp3) is 0.692. The van der Waals surface area contributed by atoms with Gasteiger partial charge in [-0.3, -0.25) is 0 Å². The van der Waals surface area contributed by atoms with Gasteiger partial charge in [0.2, 0.25) is 0 Å². The molecular weight excluding hydrogens is 156 g/mol. The summed E-state index contributed by atoms with van der Waals surface area (Å²) in [5, 5.41) is 0. The molecule has 0 heteroatoms. The van der Waals surface area contributed by atoms with Crippen LogP contribution in [-0.4, -0.2) is 0 Å². The Balaban J connectivity index is 2.62. The molecular formula is C13H22. The number of hydrogen-bond acceptors (Lipinski definition) is 0. The molecule has 74 valence electrons. The molecule has 0 amide bonds. The van der Waals surface area contributed by atoms with Crippen molar-refractivity contribution in [2.45, 2.75) is 59.3 Å². The maximum absolute atomic E-state index is 2.43. The van der Waals surface area contributed by atoms with E-state index in [2.05, 4.69) is 26.8 Å². The third kappa shape index (κ3) is 2.46. The third-order valence-electron chi connectivity index (χ3n) is 2.98. The highest BCUT2D eigenvalue weighted by Gasteiger charge is 2.13. The molecule has 1 aliphatic carbocycles. The standard InChI is InChI=1S/C13H22/c1-4-7-8-12-10-9-11(5-2)13(12)6-3/h9H,4-8,10H2,1-3H3. The van der Waals surface area contributed by atoms with Crippen molar-refractivity contribution in [3.05, 3.63) is 22.8 Å². The van der Waals surface area contributed by atoms with E-state index in [-0.39, 0.29) is 0 Å². The van der Waals surface area contributed by atoms with E-state index >= 15 is 0 Å². The molecule has 0 saturated carbocycles. The zero-order valence-corrected chi connectivity index (χ0v) is 9.32. The molecule has 0 aromatic heterocycles. The molecule has 0 unspecified atom stereocenters. The summed E-state index contributed by atoms with van der Waals surface area (Å²) in [4.78, 5) is 0. The lowest BCUT2D eigenvalue weighted by Crippen LogP contribution is -1.88. The number of unbranched alkanes of at least 4 members (excludes halogenated alkanes) is 1. The summed E-state index contributed by atoms with van der Waals surface area (Å²) >= 11 is 0. The van der Waals surface area contributed by atoms with Gasteiger partial charge in [-0.05, 0) is 43.3 Å². The molecule has 0 heterocycles. The first-order chi connectivity index (χ1) is 6.33. The van der Waals surface area contributed by atoms with Gasteiger partial charge in [0.05, 0.1) is 0 Å². The fourth-order valence-corrected chi connectivity index (χ4v) is 2.20. The molecule has 0 nitrogen and oxygen atoms in total. The molecule has 0 aliphatic heterocycles. The average Bonchev–Trinajstić information content (AvgIpc) is 2.56. The Morgan fingerprint density at radius 1 is 1.15 bits per heavy atom. The average molecular weight is 178 g/mol. The monoisotopic (exact) mass is 178 g/mol. The first kappa shape index (κ1) is 10.6. The minimum atomic E-state index is 1.22. The second-order valence-corrected chi connectivity index (χ2v) is 3.83. The number of rotatable bonds is 5. The maximum Gasteiger partial charge on any atom is -0.0127 e. The lowest BCUT2D eigenvalue weighted by Gasteiger charge is -2.07. The molecule has 0 radical (unpaired) electrons. The molecule has 0 saturated heterocycles. The normalized spacial score (nSPS) is 16.7. The molecule has 0 aromatic rings. The lowest BCUT2D eigenvalue weighted by molar-refractivity contribution is 0.770. The van der Waals surface area contributed by atoms with E-state index in [1.807, 2.05) is 0 Å². The Hall–Kier alpha value is -0.520. The van der Waals surface area contributed by atoms with E-state index in [4.69, 9.17) is 0 Å².